The van der Waals surface area contributed by atoms with Crippen molar-refractivity contribution in [2.75, 3.05) is 20.2 Å². The molecule has 1 fully saturated rings. The number of carbonyl (C=O) groups is 1. The number of rotatable bonds is 4. The van der Waals surface area contributed by atoms with Crippen molar-refractivity contribution in [3.8, 4) is 11.8 Å². The Balaban J connectivity index is 1.61. The Kier molecular flexibility index (Phi) is 4.41. The van der Waals surface area contributed by atoms with Gasteiger partial charge in [-0.05, 0) is 19.1 Å². The molecule has 0 radical (unpaired) electrons. The normalized spacial score (nSPS) is 17.1. The van der Waals surface area contributed by atoms with Crippen LogP contribution in [0.5, 0.6) is 11.8 Å². The van der Waals surface area contributed by atoms with E-state index in [-0.39, 0.29) is 12.0 Å². The predicted molar refractivity (Wildman–Crippen MR) is 84.7 cm³/mol. The lowest BCUT2D eigenvalue weighted by Gasteiger charge is -2.17. The number of aryl methyl sites for hydroxylation is 1. The summed E-state index contributed by atoms with van der Waals surface area (Å²) in [6, 6.07) is 7.62. The summed E-state index contributed by atoms with van der Waals surface area (Å²) in [5.74, 6) is 0.861. The van der Waals surface area contributed by atoms with Crippen LogP contribution in [0.4, 0.5) is 0 Å². The van der Waals surface area contributed by atoms with E-state index in [2.05, 4.69) is 9.97 Å². The Morgan fingerprint density at radius 3 is 2.70 bits per heavy atom. The zero-order valence-electron chi connectivity index (χ0n) is 13.2. The average Bonchev–Trinajstić information content (AvgIpc) is 3.03. The minimum atomic E-state index is -0.0780. The van der Waals surface area contributed by atoms with Crippen molar-refractivity contribution >= 4 is 5.91 Å². The molecule has 23 heavy (non-hydrogen) atoms. The SMILES string of the molecule is COc1cncc(OC2CCN(C(=O)c3ccc(C)cc3)C2)n1. The molecule has 1 aromatic heterocycles. The first-order chi connectivity index (χ1) is 11.2. The number of methoxy groups -OCH3 is 1. The van der Waals surface area contributed by atoms with Crippen LogP contribution < -0.4 is 9.47 Å². The van der Waals surface area contributed by atoms with Gasteiger partial charge in [-0.3, -0.25) is 9.78 Å². The van der Waals surface area contributed by atoms with E-state index in [0.717, 1.165) is 12.0 Å². The van der Waals surface area contributed by atoms with E-state index in [0.29, 0.717) is 30.4 Å². The first-order valence-electron chi connectivity index (χ1n) is 7.54. The lowest BCUT2D eigenvalue weighted by molar-refractivity contribution is 0.0771. The topological polar surface area (TPSA) is 64.6 Å². The monoisotopic (exact) mass is 313 g/mol. The molecular formula is C17H19N3O3. The van der Waals surface area contributed by atoms with Crippen molar-refractivity contribution in [1.29, 1.82) is 0 Å². The van der Waals surface area contributed by atoms with E-state index in [1.54, 1.807) is 6.20 Å². The van der Waals surface area contributed by atoms with E-state index in [9.17, 15) is 4.79 Å². The van der Waals surface area contributed by atoms with Gasteiger partial charge in [0.15, 0.2) is 0 Å². The molecule has 120 valence electrons. The van der Waals surface area contributed by atoms with Gasteiger partial charge in [0.1, 0.15) is 6.10 Å². The first-order valence-corrected chi connectivity index (χ1v) is 7.54. The number of ether oxygens (including phenoxy) is 2. The Morgan fingerprint density at radius 1 is 1.22 bits per heavy atom. The van der Waals surface area contributed by atoms with E-state index in [4.69, 9.17) is 9.47 Å². The number of aromatic nitrogens is 2. The Bertz CT molecular complexity index is 688. The maximum atomic E-state index is 12.5. The van der Waals surface area contributed by atoms with Gasteiger partial charge in [0.05, 0.1) is 26.0 Å². The molecule has 1 unspecified atom stereocenters. The fourth-order valence-corrected chi connectivity index (χ4v) is 2.54. The number of benzene rings is 1. The molecule has 6 nitrogen and oxygen atoms in total. The maximum Gasteiger partial charge on any atom is 0.253 e. The van der Waals surface area contributed by atoms with Gasteiger partial charge in [-0.1, -0.05) is 17.7 Å². The Hall–Kier alpha value is -2.63. The minimum absolute atomic E-state index is 0.0350. The second-order valence-electron chi connectivity index (χ2n) is 5.55. The average molecular weight is 313 g/mol. The number of likely N-dealkylation sites (tertiary alicyclic amines) is 1. The van der Waals surface area contributed by atoms with E-state index in [1.165, 1.54) is 13.3 Å². The summed E-state index contributed by atoms with van der Waals surface area (Å²) in [6.45, 7) is 3.23. The zero-order valence-corrected chi connectivity index (χ0v) is 13.2. The van der Waals surface area contributed by atoms with Crippen molar-refractivity contribution in [2.45, 2.75) is 19.4 Å². The van der Waals surface area contributed by atoms with Crippen LogP contribution in [0, 0.1) is 6.92 Å². The second kappa shape index (κ2) is 6.64. The number of nitrogens with zero attached hydrogens (tertiary/aromatic N) is 3. The molecule has 0 bridgehead atoms. The van der Waals surface area contributed by atoms with Gasteiger partial charge < -0.3 is 14.4 Å². The molecule has 1 aromatic carbocycles. The summed E-state index contributed by atoms with van der Waals surface area (Å²) >= 11 is 0. The minimum Gasteiger partial charge on any atom is -0.480 e. The van der Waals surface area contributed by atoms with E-state index < -0.39 is 0 Å². The van der Waals surface area contributed by atoms with Crippen molar-refractivity contribution in [3.05, 3.63) is 47.8 Å². The van der Waals surface area contributed by atoms with Crippen molar-refractivity contribution in [1.82, 2.24) is 14.9 Å². The molecule has 1 saturated heterocycles. The fraction of sp³-hybridized carbons (Fsp3) is 0.353. The van der Waals surface area contributed by atoms with Gasteiger partial charge in [0.2, 0.25) is 11.8 Å². The van der Waals surface area contributed by atoms with E-state index in [1.807, 2.05) is 36.1 Å². The smallest absolute Gasteiger partial charge is 0.253 e. The summed E-state index contributed by atoms with van der Waals surface area (Å²) in [6.07, 6.45) is 3.77. The molecule has 0 spiro atoms. The number of amides is 1. The fourth-order valence-electron chi connectivity index (χ4n) is 2.54. The third-order valence-corrected chi connectivity index (χ3v) is 3.82. The highest BCUT2D eigenvalue weighted by molar-refractivity contribution is 5.94. The summed E-state index contributed by atoms with van der Waals surface area (Å²) in [5, 5.41) is 0. The summed E-state index contributed by atoms with van der Waals surface area (Å²) < 4.78 is 10.8. The number of carbonyl (C=O) groups excluding carboxylic acids is 1. The van der Waals surface area contributed by atoms with Crippen LogP contribution in [0.3, 0.4) is 0 Å². The molecular weight excluding hydrogens is 294 g/mol. The molecule has 3 rings (SSSR count). The van der Waals surface area contributed by atoms with Gasteiger partial charge >= 0.3 is 0 Å². The summed E-state index contributed by atoms with van der Waals surface area (Å²) in [4.78, 5) is 22.5. The summed E-state index contributed by atoms with van der Waals surface area (Å²) in [7, 11) is 1.53. The third-order valence-electron chi connectivity index (χ3n) is 3.82. The molecule has 1 atom stereocenters. The second-order valence-corrected chi connectivity index (χ2v) is 5.55. The quantitative estimate of drug-likeness (QED) is 0.865. The first kappa shape index (κ1) is 15.3. The van der Waals surface area contributed by atoms with Crippen LogP contribution >= 0.6 is 0 Å². The van der Waals surface area contributed by atoms with Gasteiger partial charge in [0, 0.05) is 18.5 Å². The van der Waals surface area contributed by atoms with Gasteiger partial charge in [-0.25, -0.2) is 0 Å². The molecule has 2 heterocycles. The van der Waals surface area contributed by atoms with Crippen LogP contribution in [-0.2, 0) is 0 Å². The van der Waals surface area contributed by atoms with Gasteiger partial charge in [-0.15, -0.1) is 0 Å². The highest BCUT2D eigenvalue weighted by Crippen LogP contribution is 2.19. The van der Waals surface area contributed by atoms with Gasteiger partial charge in [0.25, 0.3) is 5.91 Å². The van der Waals surface area contributed by atoms with Crippen molar-refractivity contribution in [2.24, 2.45) is 0 Å². The molecule has 0 aliphatic carbocycles. The van der Waals surface area contributed by atoms with Crippen LogP contribution in [0.25, 0.3) is 0 Å². The maximum absolute atomic E-state index is 12.5. The molecule has 1 aliphatic heterocycles. The molecule has 1 amide bonds. The third kappa shape index (κ3) is 3.59. The van der Waals surface area contributed by atoms with Crippen molar-refractivity contribution in [3.63, 3.8) is 0 Å². The number of hydrogen-bond donors (Lipinski definition) is 0. The largest absolute Gasteiger partial charge is 0.480 e. The molecule has 6 heteroatoms. The summed E-state index contributed by atoms with van der Waals surface area (Å²) in [5.41, 5.74) is 1.85. The zero-order chi connectivity index (χ0) is 16.2. The van der Waals surface area contributed by atoms with Crippen LogP contribution in [0.1, 0.15) is 22.3 Å². The molecule has 0 N–H and O–H groups in total. The number of hydrogen-bond acceptors (Lipinski definition) is 5. The predicted octanol–water partition coefficient (Wildman–Crippen LogP) is 2.09. The Labute approximate surface area is 135 Å². The lowest BCUT2D eigenvalue weighted by atomic mass is 10.1. The van der Waals surface area contributed by atoms with E-state index >= 15 is 0 Å². The van der Waals surface area contributed by atoms with Crippen molar-refractivity contribution < 1.29 is 14.3 Å². The Morgan fingerprint density at radius 2 is 1.96 bits per heavy atom. The molecule has 0 saturated carbocycles. The lowest BCUT2D eigenvalue weighted by Crippen LogP contribution is -2.31. The van der Waals surface area contributed by atoms with Crippen LogP contribution in [0.2, 0.25) is 0 Å². The van der Waals surface area contributed by atoms with Crippen LogP contribution in [0.15, 0.2) is 36.7 Å². The molecule has 2 aromatic rings. The highest BCUT2D eigenvalue weighted by atomic mass is 16.5. The van der Waals surface area contributed by atoms with Gasteiger partial charge in [-0.2, -0.15) is 4.98 Å². The van der Waals surface area contributed by atoms with Crippen LogP contribution in [-0.4, -0.2) is 47.1 Å². The standard InChI is InChI=1S/C17H19N3O3/c1-12-3-5-13(6-4-12)17(21)20-8-7-14(11-20)23-16-10-18-9-15(19-16)22-2/h3-6,9-10,14H,7-8,11H2,1-2H3. The molecule has 1 aliphatic rings. The highest BCUT2D eigenvalue weighted by Gasteiger charge is 2.28.